The molecule has 0 radical (unpaired) electrons. The van der Waals surface area contributed by atoms with E-state index in [2.05, 4.69) is 4.98 Å². The Hall–Kier alpha value is -2.82. The van der Waals surface area contributed by atoms with Gasteiger partial charge < -0.3 is 9.64 Å². The molecule has 0 aliphatic heterocycles. The molecule has 1 amide bonds. The lowest BCUT2D eigenvalue weighted by atomic mass is 10.2. The number of aryl methyl sites for hydroxylation is 1. The van der Waals surface area contributed by atoms with Crippen LogP contribution in [0.15, 0.2) is 30.3 Å². The van der Waals surface area contributed by atoms with Crippen LogP contribution in [0.5, 0.6) is 5.75 Å². The van der Waals surface area contributed by atoms with E-state index in [0.29, 0.717) is 28.8 Å². The maximum Gasteiger partial charge on any atom is 0.324 e. The molecule has 0 saturated heterocycles. The molecule has 30 heavy (non-hydrogen) atoms. The van der Waals surface area contributed by atoms with Gasteiger partial charge in [0.25, 0.3) is 5.91 Å². The van der Waals surface area contributed by atoms with E-state index in [-0.39, 0.29) is 10.9 Å². The number of methoxy groups -OCH3 is 1. The number of carbonyl (C=O) groups is 1. The van der Waals surface area contributed by atoms with Gasteiger partial charge >= 0.3 is 5.00 Å². The summed E-state index contributed by atoms with van der Waals surface area (Å²) in [5.74, 6) is 0.433. The Morgan fingerprint density at radius 3 is 2.63 bits per heavy atom. The molecule has 3 aromatic rings. The van der Waals surface area contributed by atoms with E-state index >= 15 is 0 Å². The minimum atomic E-state index is -0.440. The normalized spacial score (nSPS) is 11.5. The monoisotopic (exact) mass is 446 g/mol. The van der Waals surface area contributed by atoms with Gasteiger partial charge in [0.15, 0.2) is 5.13 Å². The number of carbonyl (C=O) groups excluding carboxylic acids is 1. The quantitative estimate of drug-likeness (QED) is 0.293. The van der Waals surface area contributed by atoms with Crippen molar-refractivity contribution in [2.24, 2.45) is 0 Å². The SMILES string of the molecule is COc1ccc(C)c2sc(N(CCN(C)C)C(=O)/C=C/c3ccc([N+](=O)[O-])s3)nc12. The Morgan fingerprint density at radius 1 is 1.23 bits per heavy atom. The summed E-state index contributed by atoms with van der Waals surface area (Å²) in [6.45, 7) is 3.12. The second-order valence-corrected chi connectivity index (χ2v) is 8.89. The number of hydrogen-bond donors (Lipinski definition) is 0. The van der Waals surface area contributed by atoms with E-state index in [9.17, 15) is 14.9 Å². The predicted molar refractivity (Wildman–Crippen MR) is 122 cm³/mol. The zero-order chi connectivity index (χ0) is 21.8. The molecule has 1 aromatic carbocycles. The van der Waals surface area contributed by atoms with Crippen LogP contribution in [0.4, 0.5) is 10.1 Å². The van der Waals surface area contributed by atoms with Crippen LogP contribution in [-0.4, -0.2) is 55.0 Å². The van der Waals surface area contributed by atoms with Gasteiger partial charge in [-0.05, 0) is 44.8 Å². The standard InChI is InChI=1S/C20H22N4O4S2/c1-13-5-8-15(28-4)18-19(13)30-20(21-18)23(12-11-22(2)3)16(25)9-6-14-7-10-17(29-14)24(26)27/h5-10H,11-12H2,1-4H3/b9-6+. The van der Waals surface area contributed by atoms with Crippen molar-refractivity contribution in [2.75, 3.05) is 39.2 Å². The van der Waals surface area contributed by atoms with Gasteiger partial charge in [0.05, 0.1) is 16.7 Å². The number of thiazole rings is 1. The summed E-state index contributed by atoms with van der Waals surface area (Å²) in [4.78, 5) is 32.4. The fraction of sp³-hybridized carbons (Fsp3) is 0.300. The first kappa shape index (κ1) is 21.9. The van der Waals surface area contributed by atoms with Crippen LogP contribution in [0, 0.1) is 17.0 Å². The molecule has 0 atom stereocenters. The first-order chi connectivity index (χ1) is 14.3. The van der Waals surface area contributed by atoms with Gasteiger partial charge in [0.2, 0.25) is 0 Å². The third-order valence-corrected chi connectivity index (χ3v) is 6.58. The van der Waals surface area contributed by atoms with Crippen molar-refractivity contribution in [3.8, 4) is 5.75 Å². The third-order valence-electron chi connectivity index (χ3n) is 4.36. The summed E-state index contributed by atoms with van der Waals surface area (Å²) in [5, 5.41) is 11.5. The Morgan fingerprint density at radius 2 is 2.00 bits per heavy atom. The maximum atomic E-state index is 13.0. The number of benzene rings is 1. The number of hydrogen-bond acceptors (Lipinski definition) is 8. The molecule has 3 rings (SSSR count). The van der Waals surface area contributed by atoms with Gasteiger partial charge in [-0.15, -0.1) is 0 Å². The molecule has 2 heterocycles. The minimum absolute atomic E-state index is 0.0420. The average Bonchev–Trinajstić information content (AvgIpc) is 3.35. The summed E-state index contributed by atoms with van der Waals surface area (Å²) >= 11 is 2.47. The van der Waals surface area contributed by atoms with Crippen LogP contribution in [0.25, 0.3) is 16.3 Å². The Balaban J connectivity index is 1.93. The molecule has 0 aliphatic rings. The Bertz CT molecular complexity index is 1100. The number of aromatic nitrogens is 1. The van der Waals surface area contributed by atoms with E-state index in [4.69, 9.17) is 4.74 Å². The second-order valence-electron chi connectivity index (χ2n) is 6.82. The van der Waals surface area contributed by atoms with Crippen molar-refractivity contribution in [3.05, 3.63) is 50.9 Å². The molecule has 0 spiro atoms. The lowest BCUT2D eigenvalue weighted by Gasteiger charge is -2.20. The van der Waals surface area contributed by atoms with Crippen molar-refractivity contribution in [3.63, 3.8) is 0 Å². The fourth-order valence-electron chi connectivity index (χ4n) is 2.75. The van der Waals surface area contributed by atoms with Crippen molar-refractivity contribution in [1.29, 1.82) is 0 Å². The summed E-state index contributed by atoms with van der Waals surface area (Å²) in [5.41, 5.74) is 1.80. The van der Waals surface area contributed by atoms with Crippen molar-refractivity contribution < 1.29 is 14.5 Å². The number of nitro groups is 1. The molecule has 0 N–H and O–H groups in total. The molecular formula is C20H22N4O4S2. The maximum absolute atomic E-state index is 13.0. The van der Waals surface area contributed by atoms with Gasteiger partial charge in [-0.2, -0.15) is 0 Å². The summed E-state index contributed by atoms with van der Waals surface area (Å²) in [7, 11) is 5.48. The van der Waals surface area contributed by atoms with E-state index in [1.807, 2.05) is 38.1 Å². The van der Waals surface area contributed by atoms with Gasteiger partial charge in [-0.1, -0.05) is 28.7 Å². The average molecular weight is 447 g/mol. The first-order valence-corrected chi connectivity index (χ1v) is 10.8. The summed E-state index contributed by atoms with van der Waals surface area (Å²) < 4.78 is 6.40. The number of likely N-dealkylation sites (N-methyl/N-ethyl adjacent to an activating group) is 1. The molecule has 0 saturated carbocycles. The molecular weight excluding hydrogens is 424 g/mol. The zero-order valence-electron chi connectivity index (χ0n) is 17.1. The van der Waals surface area contributed by atoms with E-state index in [1.54, 1.807) is 24.2 Å². The van der Waals surface area contributed by atoms with Gasteiger partial charge in [0, 0.05) is 30.1 Å². The smallest absolute Gasteiger partial charge is 0.324 e. The fourth-order valence-corrected chi connectivity index (χ4v) is 4.56. The summed E-state index contributed by atoms with van der Waals surface area (Å²) in [6.07, 6.45) is 3.03. The zero-order valence-corrected chi connectivity index (χ0v) is 18.7. The minimum Gasteiger partial charge on any atom is -0.494 e. The highest BCUT2D eigenvalue weighted by atomic mass is 32.1. The number of fused-ring (bicyclic) bond motifs is 1. The third kappa shape index (κ3) is 4.84. The number of nitrogens with zero attached hydrogens (tertiary/aromatic N) is 4. The molecule has 0 aliphatic carbocycles. The van der Waals surface area contributed by atoms with Crippen LogP contribution in [0.3, 0.4) is 0 Å². The number of anilines is 1. The number of ether oxygens (including phenoxy) is 1. The Labute approximate surface area is 182 Å². The van der Waals surface area contributed by atoms with Gasteiger partial charge in [-0.3, -0.25) is 19.8 Å². The molecule has 0 unspecified atom stereocenters. The lowest BCUT2D eigenvalue weighted by molar-refractivity contribution is -0.380. The predicted octanol–water partition coefficient (Wildman–Crippen LogP) is 4.19. The van der Waals surface area contributed by atoms with E-state index in [1.165, 1.54) is 23.5 Å². The topological polar surface area (TPSA) is 88.8 Å². The van der Waals surface area contributed by atoms with Crippen molar-refractivity contribution in [1.82, 2.24) is 9.88 Å². The molecule has 158 valence electrons. The van der Waals surface area contributed by atoms with Gasteiger partial charge in [-0.25, -0.2) is 4.98 Å². The number of rotatable bonds is 8. The highest BCUT2D eigenvalue weighted by Gasteiger charge is 2.20. The highest BCUT2D eigenvalue weighted by Crippen LogP contribution is 2.36. The van der Waals surface area contributed by atoms with Crippen LogP contribution in [-0.2, 0) is 4.79 Å². The summed E-state index contributed by atoms with van der Waals surface area (Å²) in [6, 6.07) is 6.90. The highest BCUT2D eigenvalue weighted by molar-refractivity contribution is 7.22. The molecule has 0 fully saturated rings. The molecule has 8 nitrogen and oxygen atoms in total. The van der Waals surface area contributed by atoms with Crippen LogP contribution < -0.4 is 9.64 Å². The molecule has 2 aromatic heterocycles. The van der Waals surface area contributed by atoms with E-state index in [0.717, 1.165) is 27.1 Å². The largest absolute Gasteiger partial charge is 0.494 e. The lowest BCUT2D eigenvalue weighted by Crippen LogP contribution is -2.35. The van der Waals surface area contributed by atoms with Crippen LogP contribution in [0.1, 0.15) is 10.4 Å². The van der Waals surface area contributed by atoms with Crippen LogP contribution >= 0.6 is 22.7 Å². The van der Waals surface area contributed by atoms with E-state index < -0.39 is 4.92 Å². The van der Waals surface area contributed by atoms with Crippen molar-refractivity contribution in [2.45, 2.75) is 6.92 Å². The first-order valence-electron chi connectivity index (χ1n) is 9.13. The van der Waals surface area contributed by atoms with Crippen molar-refractivity contribution >= 4 is 55.0 Å². The number of amides is 1. The Kier molecular flexibility index (Phi) is 6.80. The molecule has 0 bridgehead atoms. The molecule has 10 heteroatoms. The number of thiophene rings is 1. The van der Waals surface area contributed by atoms with Crippen LogP contribution in [0.2, 0.25) is 0 Å². The van der Waals surface area contributed by atoms with Gasteiger partial charge in [0.1, 0.15) is 11.3 Å². The second kappa shape index (κ2) is 9.33.